The molecule has 0 unspecified atom stereocenters. The first kappa shape index (κ1) is 14.1. The molecule has 0 radical (unpaired) electrons. The molecule has 0 saturated carbocycles. The van der Waals surface area contributed by atoms with Gasteiger partial charge in [-0.2, -0.15) is 0 Å². The smallest absolute Gasteiger partial charge is 0.358 e. The number of halogens is 2. The van der Waals surface area contributed by atoms with Crippen molar-refractivity contribution in [2.45, 2.75) is 26.2 Å². The summed E-state index contributed by atoms with van der Waals surface area (Å²) in [6.45, 7) is 5.23. The molecule has 1 aromatic carbocycles. The number of carboxylic acid groups (broad SMARTS) is 1. The normalized spacial score (nSPS) is 11.7. The van der Waals surface area contributed by atoms with Gasteiger partial charge in [0.25, 0.3) is 0 Å². The van der Waals surface area contributed by atoms with Crippen LogP contribution >= 0.6 is 0 Å². The molecule has 0 amide bonds. The molecule has 0 aliphatic heterocycles. The molecule has 7 heteroatoms. The van der Waals surface area contributed by atoms with E-state index in [1.165, 1.54) is 12.1 Å². The fourth-order valence-corrected chi connectivity index (χ4v) is 1.92. The van der Waals surface area contributed by atoms with Gasteiger partial charge < -0.3 is 5.11 Å². The lowest BCUT2D eigenvalue weighted by Gasteiger charge is -2.20. The van der Waals surface area contributed by atoms with Crippen molar-refractivity contribution < 1.29 is 18.7 Å². The SMILES string of the molecule is CC(C)(C)c1c(C(=O)O)nnn1-c1cccc(F)c1F. The molecule has 0 atom stereocenters. The third-order valence-electron chi connectivity index (χ3n) is 2.74. The summed E-state index contributed by atoms with van der Waals surface area (Å²) in [7, 11) is 0. The van der Waals surface area contributed by atoms with Gasteiger partial charge in [-0.15, -0.1) is 5.10 Å². The highest BCUT2D eigenvalue weighted by atomic mass is 19.2. The molecule has 0 aliphatic rings. The van der Waals surface area contributed by atoms with E-state index in [1.54, 1.807) is 20.8 Å². The first-order chi connectivity index (χ1) is 9.23. The standard InChI is InChI=1S/C13H13F2N3O2/c1-13(2,3)11-10(12(19)20)16-17-18(11)8-6-4-5-7(14)9(8)15/h4-6H,1-3H3,(H,19,20). The van der Waals surface area contributed by atoms with E-state index in [0.29, 0.717) is 0 Å². The molecule has 1 heterocycles. The van der Waals surface area contributed by atoms with Crippen LogP contribution in [-0.2, 0) is 5.41 Å². The summed E-state index contributed by atoms with van der Waals surface area (Å²) in [5, 5.41) is 16.3. The predicted octanol–water partition coefficient (Wildman–Crippen LogP) is 2.54. The van der Waals surface area contributed by atoms with Gasteiger partial charge in [-0.05, 0) is 12.1 Å². The number of rotatable bonds is 2. The molecule has 0 aliphatic carbocycles. The number of carboxylic acids is 1. The molecule has 0 fully saturated rings. The first-order valence-electron chi connectivity index (χ1n) is 5.87. The maximum absolute atomic E-state index is 13.9. The second kappa shape index (κ2) is 4.66. The van der Waals surface area contributed by atoms with Gasteiger partial charge in [-0.1, -0.05) is 32.1 Å². The van der Waals surface area contributed by atoms with Crippen LogP contribution in [0.25, 0.3) is 5.69 Å². The van der Waals surface area contributed by atoms with E-state index in [9.17, 15) is 13.6 Å². The number of aromatic nitrogens is 3. The molecule has 2 rings (SSSR count). The Balaban J connectivity index is 2.76. The Morgan fingerprint density at radius 2 is 1.95 bits per heavy atom. The van der Waals surface area contributed by atoms with E-state index >= 15 is 0 Å². The van der Waals surface area contributed by atoms with E-state index < -0.39 is 23.0 Å². The van der Waals surface area contributed by atoms with Gasteiger partial charge in [0, 0.05) is 5.41 Å². The fraction of sp³-hybridized carbons (Fsp3) is 0.308. The summed E-state index contributed by atoms with van der Waals surface area (Å²) in [6, 6.07) is 3.61. The van der Waals surface area contributed by atoms with Crippen LogP contribution < -0.4 is 0 Å². The predicted molar refractivity (Wildman–Crippen MR) is 66.9 cm³/mol. The highest BCUT2D eigenvalue weighted by molar-refractivity contribution is 5.87. The van der Waals surface area contributed by atoms with Crippen molar-refractivity contribution in [2.75, 3.05) is 0 Å². The van der Waals surface area contributed by atoms with Gasteiger partial charge in [0.2, 0.25) is 0 Å². The molecule has 0 bridgehead atoms. The van der Waals surface area contributed by atoms with Gasteiger partial charge >= 0.3 is 5.97 Å². The number of benzene rings is 1. The fourth-order valence-electron chi connectivity index (χ4n) is 1.92. The zero-order valence-electron chi connectivity index (χ0n) is 11.2. The lowest BCUT2D eigenvalue weighted by atomic mass is 9.90. The third kappa shape index (κ3) is 2.26. The lowest BCUT2D eigenvalue weighted by Crippen LogP contribution is -2.21. The van der Waals surface area contributed by atoms with Crippen molar-refractivity contribution in [3.8, 4) is 5.69 Å². The molecular weight excluding hydrogens is 268 g/mol. The van der Waals surface area contributed by atoms with E-state index in [0.717, 1.165) is 10.7 Å². The summed E-state index contributed by atoms with van der Waals surface area (Å²) in [4.78, 5) is 11.2. The van der Waals surface area contributed by atoms with E-state index in [-0.39, 0.29) is 17.1 Å². The summed E-state index contributed by atoms with van der Waals surface area (Å²) >= 11 is 0. The van der Waals surface area contributed by atoms with Gasteiger partial charge in [-0.25, -0.2) is 18.3 Å². The van der Waals surface area contributed by atoms with Crippen LogP contribution in [0.15, 0.2) is 18.2 Å². The zero-order chi connectivity index (χ0) is 15.1. The topological polar surface area (TPSA) is 68.0 Å². The Morgan fingerprint density at radius 3 is 2.50 bits per heavy atom. The average molecular weight is 281 g/mol. The van der Waals surface area contributed by atoms with E-state index in [4.69, 9.17) is 5.11 Å². The van der Waals surface area contributed by atoms with Gasteiger partial charge in [0.15, 0.2) is 17.3 Å². The molecule has 20 heavy (non-hydrogen) atoms. The third-order valence-corrected chi connectivity index (χ3v) is 2.74. The Bertz CT molecular complexity index is 675. The monoisotopic (exact) mass is 281 g/mol. The van der Waals surface area contributed by atoms with Crippen molar-refractivity contribution in [1.82, 2.24) is 15.0 Å². The van der Waals surface area contributed by atoms with Gasteiger partial charge in [0.1, 0.15) is 5.69 Å². The molecule has 0 spiro atoms. The first-order valence-corrected chi connectivity index (χ1v) is 5.87. The molecule has 1 aromatic heterocycles. The quantitative estimate of drug-likeness (QED) is 0.918. The number of carbonyl (C=O) groups is 1. The van der Waals surface area contributed by atoms with E-state index in [2.05, 4.69) is 10.3 Å². The summed E-state index contributed by atoms with van der Waals surface area (Å²) in [5.41, 5.74) is -0.902. The molecule has 0 saturated heterocycles. The van der Waals surface area contributed by atoms with Crippen molar-refractivity contribution in [3.63, 3.8) is 0 Å². The zero-order valence-corrected chi connectivity index (χ0v) is 11.2. The summed E-state index contributed by atoms with van der Waals surface area (Å²) in [5.74, 6) is -3.40. The molecular formula is C13H13F2N3O2. The molecule has 106 valence electrons. The minimum Gasteiger partial charge on any atom is -0.476 e. The minimum absolute atomic E-state index is 0.171. The summed E-state index contributed by atoms with van der Waals surface area (Å²) in [6.07, 6.45) is 0. The Kier molecular flexibility index (Phi) is 3.29. The highest BCUT2D eigenvalue weighted by Gasteiger charge is 2.30. The molecule has 2 aromatic rings. The van der Waals surface area contributed by atoms with Crippen LogP contribution in [0.2, 0.25) is 0 Å². The number of hydrogen-bond donors (Lipinski definition) is 1. The minimum atomic E-state index is -1.27. The van der Waals surface area contributed by atoms with Crippen LogP contribution in [0.5, 0.6) is 0 Å². The Hall–Kier alpha value is -2.31. The summed E-state index contributed by atoms with van der Waals surface area (Å²) < 4.78 is 28.2. The molecule has 1 N–H and O–H groups in total. The average Bonchev–Trinajstić information content (AvgIpc) is 2.77. The maximum atomic E-state index is 13.9. The van der Waals surface area contributed by atoms with Crippen LogP contribution in [-0.4, -0.2) is 26.1 Å². The van der Waals surface area contributed by atoms with Crippen molar-refractivity contribution in [2.24, 2.45) is 0 Å². The Labute approximate surface area is 113 Å². The van der Waals surface area contributed by atoms with Crippen molar-refractivity contribution in [3.05, 3.63) is 41.2 Å². The number of aromatic carboxylic acids is 1. The number of nitrogens with zero attached hydrogens (tertiary/aromatic N) is 3. The van der Waals surface area contributed by atoms with Gasteiger partial charge in [0.05, 0.1) is 5.69 Å². The largest absolute Gasteiger partial charge is 0.476 e. The number of hydrogen-bond acceptors (Lipinski definition) is 3. The van der Waals surface area contributed by atoms with Crippen LogP contribution in [0.1, 0.15) is 37.0 Å². The van der Waals surface area contributed by atoms with Gasteiger partial charge in [-0.3, -0.25) is 0 Å². The molecule has 5 nitrogen and oxygen atoms in total. The highest BCUT2D eigenvalue weighted by Crippen LogP contribution is 2.28. The maximum Gasteiger partial charge on any atom is 0.358 e. The van der Waals surface area contributed by atoms with Crippen LogP contribution in [0.4, 0.5) is 8.78 Å². The second-order valence-electron chi connectivity index (χ2n) is 5.33. The van der Waals surface area contributed by atoms with Crippen molar-refractivity contribution >= 4 is 5.97 Å². The van der Waals surface area contributed by atoms with Crippen molar-refractivity contribution in [1.29, 1.82) is 0 Å². The van der Waals surface area contributed by atoms with Crippen LogP contribution in [0, 0.1) is 11.6 Å². The Morgan fingerprint density at radius 1 is 1.30 bits per heavy atom. The van der Waals surface area contributed by atoms with E-state index in [1.807, 2.05) is 0 Å². The second-order valence-corrected chi connectivity index (χ2v) is 5.33. The van der Waals surface area contributed by atoms with Crippen LogP contribution in [0.3, 0.4) is 0 Å². The lowest BCUT2D eigenvalue weighted by molar-refractivity contribution is 0.0687.